The normalized spacial score (nSPS) is 15.5. The molecule has 260 valence electrons. The Balaban J connectivity index is 1.06. The van der Waals surface area contributed by atoms with E-state index < -0.39 is 0 Å². The standard InChI is InChI=1S/C50H34N4O/c1-31-27-41(50-52-48(33-14-4-2-5-15-33)51-49(53-50)34-16-6-3-7-17-34)47-40-30-36(24-26-45(40)55-46(47)28-31)35-23-25-44-39(29-35)38-20-10-11-21-43(38)54(44)42-22-12-18-32-13-8-9-19-37(32)42/h2-27,29-30,48H,1,28H2,(H,51,52,53). The predicted molar refractivity (Wildman–Crippen MR) is 227 cm³/mol. The average molecular weight is 707 g/mol. The molecule has 0 fully saturated rings. The van der Waals surface area contributed by atoms with E-state index in [9.17, 15) is 0 Å². The highest BCUT2D eigenvalue weighted by molar-refractivity contribution is 6.30. The Labute approximate surface area is 317 Å². The largest absolute Gasteiger partial charge is 0.460 e. The molecule has 5 nitrogen and oxygen atoms in total. The lowest BCUT2D eigenvalue weighted by Crippen LogP contribution is -2.33. The molecule has 9 aromatic rings. The Morgan fingerprint density at radius 3 is 2.16 bits per heavy atom. The summed E-state index contributed by atoms with van der Waals surface area (Å²) in [6, 6.07) is 57.8. The Morgan fingerprint density at radius 1 is 0.618 bits per heavy atom. The van der Waals surface area contributed by atoms with Crippen molar-refractivity contribution in [3.63, 3.8) is 0 Å². The monoisotopic (exact) mass is 706 g/mol. The van der Waals surface area contributed by atoms with Crippen molar-refractivity contribution in [3.05, 3.63) is 204 Å². The second-order valence-electron chi connectivity index (χ2n) is 14.3. The van der Waals surface area contributed by atoms with Gasteiger partial charge in [0.05, 0.1) is 16.7 Å². The lowest BCUT2D eigenvalue weighted by Gasteiger charge is -2.25. The molecule has 5 heteroatoms. The molecule has 0 spiro atoms. The number of hydrogen-bond acceptors (Lipinski definition) is 4. The van der Waals surface area contributed by atoms with Crippen LogP contribution < -0.4 is 5.32 Å². The SMILES string of the molecule is C=C1C=C(C2=NC(c3ccccc3)NC(c3ccccc3)=N2)c2c(oc3ccc(-c4ccc5c(c4)c4ccccc4n5-c4cccc5ccccc45)cc23)C1. The van der Waals surface area contributed by atoms with Crippen LogP contribution >= 0.6 is 0 Å². The highest BCUT2D eigenvalue weighted by atomic mass is 16.3. The van der Waals surface area contributed by atoms with Crippen molar-refractivity contribution in [1.82, 2.24) is 9.88 Å². The van der Waals surface area contributed by atoms with E-state index in [-0.39, 0.29) is 6.17 Å². The third kappa shape index (κ3) is 5.16. The zero-order valence-electron chi connectivity index (χ0n) is 29.9. The van der Waals surface area contributed by atoms with Crippen LogP contribution in [0.15, 0.2) is 196 Å². The Hall–Kier alpha value is -7.24. The molecule has 1 aliphatic carbocycles. The van der Waals surface area contributed by atoms with Gasteiger partial charge in [-0.25, -0.2) is 9.98 Å². The molecule has 1 N–H and O–H groups in total. The number of aromatic nitrogens is 1. The summed E-state index contributed by atoms with van der Waals surface area (Å²) in [4.78, 5) is 10.4. The topological polar surface area (TPSA) is 54.8 Å². The smallest absolute Gasteiger partial charge is 0.160 e. The molecule has 0 amide bonds. The fourth-order valence-electron chi connectivity index (χ4n) is 8.39. The van der Waals surface area contributed by atoms with E-state index in [1.54, 1.807) is 0 Å². The zero-order chi connectivity index (χ0) is 36.5. The van der Waals surface area contributed by atoms with Crippen molar-refractivity contribution >= 4 is 60.8 Å². The molecule has 0 saturated carbocycles. The first-order valence-corrected chi connectivity index (χ1v) is 18.7. The Morgan fingerprint density at radius 2 is 1.31 bits per heavy atom. The number of benzene rings is 7. The molecule has 11 rings (SSSR count). The van der Waals surface area contributed by atoms with E-state index in [1.165, 1.54) is 38.3 Å². The molecule has 7 aromatic carbocycles. The summed E-state index contributed by atoms with van der Waals surface area (Å²) in [5, 5.41) is 9.52. The maximum atomic E-state index is 6.59. The molecule has 1 aliphatic heterocycles. The number of para-hydroxylation sites is 1. The van der Waals surface area contributed by atoms with Gasteiger partial charge in [0, 0.05) is 44.7 Å². The maximum absolute atomic E-state index is 6.59. The van der Waals surface area contributed by atoms with Crippen LogP contribution in [-0.4, -0.2) is 16.2 Å². The van der Waals surface area contributed by atoms with Crippen LogP contribution in [0.5, 0.6) is 0 Å². The van der Waals surface area contributed by atoms with E-state index in [0.717, 1.165) is 61.5 Å². The van der Waals surface area contributed by atoms with Gasteiger partial charge in [0.1, 0.15) is 23.3 Å². The summed E-state index contributed by atoms with van der Waals surface area (Å²) in [7, 11) is 0. The summed E-state index contributed by atoms with van der Waals surface area (Å²) in [5.41, 5.74) is 11.6. The van der Waals surface area contributed by atoms with Crippen molar-refractivity contribution in [1.29, 1.82) is 0 Å². The Bertz CT molecular complexity index is 3100. The summed E-state index contributed by atoms with van der Waals surface area (Å²) < 4.78 is 8.99. The minimum absolute atomic E-state index is 0.306. The van der Waals surface area contributed by atoms with Gasteiger partial charge in [-0.15, -0.1) is 0 Å². The van der Waals surface area contributed by atoms with E-state index in [0.29, 0.717) is 12.3 Å². The van der Waals surface area contributed by atoms with Crippen LogP contribution in [0.1, 0.15) is 28.6 Å². The first kappa shape index (κ1) is 31.3. The van der Waals surface area contributed by atoms with Gasteiger partial charge in [0.15, 0.2) is 5.84 Å². The number of amidine groups is 2. The quantitative estimate of drug-likeness (QED) is 0.194. The number of allylic oxidation sites excluding steroid dienone is 2. The third-order valence-corrected chi connectivity index (χ3v) is 10.9. The summed E-state index contributed by atoms with van der Waals surface area (Å²) in [6.45, 7) is 4.38. The molecule has 0 saturated heterocycles. The van der Waals surface area contributed by atoms with Gasteiger partial charge < -0.3 is 14.3 Å². The summed E-state index contributed by atoms with van der Waals surface area (Å²) in [5.74, 6) is 2.32. The fourth-order valence-corrected chi connectivity index (χ4v) is 8.39. The maximum Gasteiger partial charge on any atom is 0.160 e. The van der Waals surface area contributed by atoms with E-state index >= 15 is 0 Å². The zero-order valence-corrected chi connectivity index (χ0v) is 29.9. The number of fused-ring (bicyclic) bond motifs is 7. The molecule has 0 bridgehead atoms. The fraction of sp³-hybridized carbons (Fsp3) is 0.0400. The number of nitrogens with one attached hydrogen (secondary N) is 1. The van der Waals surface area contributed by atoms with Gasteiger partial charge >= 0.3 is 0 Å². The van der Waals surface area contributed by atoms with Gasteiger partial charge in [-0.05, 0) is 70.1 Å². The van der Waals surface area contributed by atoms with Crippen LogP contribution in [-0.2, 0) is 6.42 Å². The van der Waals surface area contributed by atoms with Crippen molar-refractivity contribution < 1.29 is 4.42 Å². The van der Waals surface area contributed by atoms with Gasteiger partial charge in [-0.1, -0.05) is 134 Å². The van der Waals surface area contributed by atoms with Crippen molar-refractivity contribution in [2.75, 3.05) is 0 Å². The minimum atomic E-state index is -0.306. The molecule has 1 atom stereocenters. The first-order valence-electron chi connectivity index (χ1n) is 18.7. The first-order chi connectivity index (χ1) is 27.2. The molecule has 2 aliphatic rings. The molecule has 1 unspecified atom stereocenters. The molecular weight excluding hydrogens is 673 g/mol. The van der Waals surface area contributed by atoms with Crippen molar-refractivity contribution in [3.8, 4) is 16.8 Å². The van der Waals surface area contributed by atoms with Crippen LogP contribution in [0.2, 0.25) is 0 Å². The number of nitrogens with zero attached hydrogens (tertiary/aromatic N) is 3. The molecule has 3 heterocycles. The van der Waals surface area contributed by atoms with Crippen molar-refractivity contribution in [2.24, 2.45) is 9.98 Å². The lowest BCUT2D eigenvalue weighted by atomic mass is 9.90. The average Bonchev–Trinajstić information content (AvgIpc) is 3.78. The number of rotatable bonds is 5. The second kappa shape index (κ2) is 12.4. The van der Waals surface area contributed by atoms with Crippen LogP contribution in [0, 0.1) is 0 Å². The van der Waals surface area contributed by atoms with Gasteiger partial charge in [-0.2, -0.15) is 0 Å². The van der Waals surface area contributed by atoms with Gasteiger partial charge in [-0.3, -0.25) is 0 Å². The Kier molecular flexibility index (Phi) is 7.07. The highest BCUT2D eigenvalue weighted by Crippen LogP contribution is 2.42. The van der Waals surface area contributed by atoms with Gasteiger partial charge in [0.25, 0.3) is 0 Å². The molecular formula is C50H34N4O. The number of hydrogen-bond donors (Lipinski definition) is 1. The molecule has 2 aromatic heterocycles. The van der Waals surface area contributed by atoms with Crippen LogP contribution in [0.4, 0.5) is 0 Å². The van der Waals surface area contributed by atoms with Gasteiger partial charge in [0.2, 0.25) is 0 Å². The number of aliphatic imine (C=N–C) groups is 2. The number of furan rings is 1. The molecule has 0 radical (unpaired) electrons. The minimum Gasteiger partial charge on any atom is -0.460 e. The van der Waals surface area contributed by atoms with Crippen LogP contribution in [0.25, 0.3) is 65.9 Å². The van der Waals surface area contributed by atoms with E-state index in [1.807, 2.05) is 36.4 Å². The van der Waals surface area contributed by atoms with E-state index in [2.05, 4.69) is 150 Å². The summed E-state index contributed by atoms with van der Waals surface area (Å²) in [6.07, 6.45) is 2.46. The third-order valence-electron chi connectivity index (χ3n) is 10.9. The predicted octanol–water partition coefficient (Wildman–Crippen LogP) is 12.0. The van der Waals surface area contributed by atoms with E-state index in [4.69, 9.17) is 14.4 Å². The summed E-state index contributed by atoms with van der Waals surface area (Å²) >= 11 is 0. The van der Waals surface area contributed by atoms with Crippen molar-refractivity contribution in [2.45, 2.75) is 12.6 Å². The second-order valence-corrected chi connectivity index (χ2v) is 14.3. The molecule has 55 heavy (non-hydrogen) atoms. The highest BCUT2D eigenvalue weighted by Gasteiger charge is 2.29. The lowest BCUT2D eigenvalue weighted by molar-refractivity contribution is 0.560. The van der Waals surface area contributed by atoms with Crippen LogP contribution in [0.3, 0.4) is 0 Å².